The number of carbonyl (C=O) groups excluding carboxylic acids is 1. The molecule has 6 heteroatoms. The molecule has 4 nitrogen and oxygen atoms in total. The highest BCUT2D eigenvalue weighted by atomic mass is 35.5. The van der Waals surface area contributed by atoms with Crippen molar-refractivity contribution in [2.24, 2.45) is 0 Å². The van der Waals surface area contributed by atoms with Gasteiger partial charge < -0.3 is 9.64 Å². The van der Waals surface area contributed by atoms with E-state index in [4.69, 9.17) is 16.3 Å². The van der Waals surface area contributed by atoms with Crippen molar-refractivity contribution in [1.29, 1.82) is 0 Å². The minimum absolute atomic E-state index is 0.144. The Bertz CT molecular complexity index is 693. The number of amides is 1. The van der Waals surface area contributed by atoms with E-state index in [0.717, 1.165) is 5.56 Å². The molecule has 2 heterocycles. The molecule has 0 radical (unpaired) electrons. The number of halogens is 2. The topological polar surface area (TPSA) is 42.4 Å². The molecule has 0 saturated carbocycles. The van der Waals surface area contributed by atoms with Crippen LogP contribution in [0.4, 0.5) is 4.39 Å². The first-order chi connectivity index (χ1) is 11.1. The number of carbonyl (C=O) groups is 1. The van der Waals surface area contributed by atoms with Crippen molar-refractivity contribution in [2.75, 3.05) is 19.7 Å². The Morgan fingerprint density at radius 1 is 1.39 bits per heavy atom. The first kappa shape index (κ1) is 15.9. The predicted molar refractivity (Wildman–Crippen MR) is 85.0 cm³/mol. The largest absolute Gasteiger partial charge is 0.374 e. The summed E-state index contributed by atoms with van der Waals surface area (Å²) in [4.78, 5) is 18.2. The number of nitrogens with zero attached hydrogens (tertiary/aromatic N) is 2. The van der Waals surface area contributed by atoms with E-state index in [1.54, 1.807) is 23.1 Å². The second-order valence-corrected chi connectivity index (χ2v) is 5.88. The number of aromatic nitrogens is 1. The van der Waals surface area contributed by atoms with Crippen LogP contribution in [0.5, 0.6) is 0 Å². The molecule has 1 aliphatic heterocycles. The molecular weight excluding hydrogens is 319 g/mol. The molecule has 1 amide bonds. The maximum absolute atomic E-state index is 13.3. The fraction of sp³-hybridized carbons (Fsp3) is 0.294. The summed E-state index contributed by atoms with van der Waals surface area (Å²) < 4.78 is 19.0. The number of benzene rings is 1. The molecule has 1 fully saturated rings. The van der Waals surface area contributed by atoms with E-state index in [-0.39, 0.29) is 17.8 Å². The van der Waals surface area contributed by atoms with Gasteiger partial charge in [-0.1, -0.05) is 23.7 Å². The van der Waals surface area contributed by atoms with Crippen LogP contribution in [0.1, 0.15) is 16.1 Å². The van der Waals surface area contributed by atoms with Gasteiger partial charge in [-0.25, -0.2) is 9.37 Å². The fourth-order valence-corrected chi connectivity index (χ4v) is 2.73. The summed E-state index contributed by atoms with van der Waals surface area (Å²) in [5, 5.41) is 0.493. The van der Waals surface area contributed by atoms with Crippen LogP contribution < -0.4 is 0 Å². The number of hydrogen-bond donors (Lipinski definition) is 0. The van der Waals surface area contributed by atoms with E-state index < -0.39 is 0 Å². The number of morpholine rings is 1. The van der Waals surface area contributed by atoms with Gasteiger partial charge in [0.05, 0.1) is 17.7 Å². The van der Waals surface area contributed by atoms with Crippen molar-refractivity contribution < 1.29 is 13.9 Å². The monoisotopic (exact) mass is 334 g/mol. The van der Waals surface area contributed by atoms with E-state index in [1.165, 1.54) is 18.3 Å². The molecular formula is C17H16ClFN2O2. The van der Waals surface area contributed by atoms with Gasteiger partial charge in [-0.15, -0.1) is 0 Å². The molecule has 120 valence electrons. The SMILES string of the molecule is O=C(c1ccc(Cl)cn1)N1CCOC(Cc2cccc(F)c2)C1. The van der Waals surface area contributed by atoms with E-state index in [0.29, 0.717) is 36.8 Å². The molecule has 0 bridgehead atoms. The van der Waals surface area contributed by atoms with E-state index in [1.807, 2.05) is 6.07 Å². The summed E-state index contributed by atoms with van der Waals surface area (Å²) in [6.45, 7) is 1.43. The van der Waals surface area contributed by atoms with Crippen LogP contribution in [0.15, 0.2) is 42.6 Å². The molecule has 1 aromatic carbocycles. The Balaban J connectivity index is 1.66. The van der Waals surface area contributed by atoms with Crippen LogP contribution in [0.25, 0.3) is 0 Å². The van der Waals surface area contributed by atoms with Crippen LogP contribution in [-0.2, 0) is 11.2 Å². The lowest BCUT2D eigenvalue weighted by molar-refractivity contribution is -0.0210. The highest BCUT2D eigenvalue weighted by Gasteiger charge is 2.25. The van der Waals surface area contributed by atoms with E-state index in [2.05, 4.69) is 4.98 Å². The van der Waals surface area contributed by atoms with E-state index in [9.17, 15) is 9.18 Å². The van der Waals surface area contributed by atoms with Crippen LogP contribution in [0, 0.1) is 5.82 Å². The molecule has 1 atom stereocenters. The van der Waals surface area contributed by atoms with Gasteiger partial charge >= 0.3 is 0 Å². The number of pyridine rings is 1. The summed E-state index contributed by atoms with van der Waals surface area (Å²) >= 11 is 5.79. The minimum atomic E-state index is -0.267. The highest BCUT2D eigenvalue weighted by Crippen LogP contribution is 2.15. The summed E-state index contributed by atoms with van der Waals surface area (Å²) in [7, 11) is 0. The number of hydrogen-bond acceptors (Lipinski definition) is 3. The first-order valence-corrected chi connectivity index (χ1v) is 7.76. The first-order valence-electron chi connectivity index (χ1n) is 7.39. The van der Waals surface area contributed by atoms with Gasteiger partial charge in [0.1, 0.15) is 11.5 Å². The predicted octanol–water partition coefficient (Wildman–Crippen LogP) is 2.96. The molecule has 0 N–H and O–H groups in total. The zero-order valence-electron chi connectivity index (χ0n) is 12.4. The fourth-order valence-electron chi connectivity index (χ4n) is 2.62. The van der Waals surface area contributed by atoms with Gasteiger partial charge in [0, 0.05) is 25.7 Å². The quantitative estimate of drug-likeness (QED) is 0.866. The van der Waals surface area contributed by atoms with Gasteiger partial charge in [-0.3, -0.25) is 4.79 Å². The Labute approximate surface area is 138 Å². The molecule has 1 aliphatic rings. The Hall–Kier alpha value is -1.98. The summed E-state index contributed by atoms with van der Waals surface area (Å²) in [5.74, 6) is -0.411. The molecule has 0 aliphatic carbocycles. The minimum Gasteiger partial charge on any atom is -0.374 e. The van der Waals surface area contributed by atoms with Crippen LogP contribution in [0.2, 0.25) is 5.02 Å². The van der Waals surface area contributed by atoms with Gasteiger partial charge in [-0.05, 0) is 29.8 Å². The van der Waals surface area contributed by atoms with Crippen molar-refractivity contribution in [1.82, 2.24) is 9.88 Å². The Kier molecular flexibility index (Phi) is 4.88. The van der Waals surface area contributed by atoms with Gasteiger partial charge in [-0.2, -0.15) is 0 Å². The summed E-state index contributed by atoms with van der Waals surface area (Å²) in [6, 6.07) is 9.69. The third-order valence-electron chi connectivity index (χ3n) is 3.72. The second-order valence-electron chi connectivity index (χ2n) is 5.44. The Morgan fingerprint density at radius 3 is 3.00 bits per heavy atom. The Morgan fingerprint density at radius 2 is 2.26 bits per heavy atom. The molecule has 1 saturated heterocycles. The van der Waals surface area contributed by atoms with Crippen molar-refractivity contribution in [3.8, 4) is 0 Å². The zero-order valence-corrected chi connectivity index (χ0v) is 13.2. The van der Waals surface area contributed by atoms with Crippen molar-refractivity contribution >= 4 is 17.5 Å². The molecule has 0 spiro atoms. The van der Waals surface area contributed by atoms with Crippen molar-refractivity contribution in [2.45, 2.75) is 12.5 Å². The molecule has 1 unspecified atom stereocenters. The molecule has 3 rings (SSSR count). The maximum atomic E-state index is 13.3. The normalized spacial score (nSPS) is 18.0. The average molecular weight is 335 g/mol. The third kappa shape index (κ3) is 4.06. The highest BCUT2D eigenvalue weighted by molar-refractivity contribution is 6.30. The zero-order chi connectivity index (χ0) is 16.2. The summed E-state index contributed by atoms with van der Waals surface area (Å²) in [5.41, 5.74) is 1.22. The van der Waals surface area contributed by atoms with Gasteiger partial charge in [0.25, 0.3) is 5.91 Å². The molecule has 23 heavy (non-hydrogen) atoms. The van der Waals surface area contributed by atoms with Crippen LogP contribution >= 0.6 is 11.6 Å². The van der Waals surface area contributed by atoms with E-state index >= 15 is 0 Å². The second kappa shape index (κ2) is 7.06. The third-order valence-corrected chi connectivity index (χ3v) is 3.95. The lowest BCUT2D eigenvalue weighted by Gasteiger charge is -2.33. The lowest BCUT2D eigenvalue weighted by Crippen LogP contribution is -2.46. The summed E-state index contributed by atoms with van der Waals surface area (Å²) in [6.07, 6.45) is 1.87. The standard InChI is InChI=1S/C17H16ClFN2O2/c18-13-4-5-16(20-10-13)17(22)21-6-7-23-15(11-21)9-12-2-1-3-14(19)8-12/h1-5,8,10,15H,6-7,9,11H2. The molecule has 2 aromatic rings. The lowest BCUT2D eigenvalue weighted by atomic mass is 10.1. The van der Waals surface area contributed by atoms with Crippen molar-refractivity contribution in [3.05, 3.63) is 64.7 Å². The average Bonchev–Trinajstić information content (AvgIpc) is 2.55. The van der Waals surface area contributed by atoms with Crippen LogP contribution in [0.3, 0.4) is 0 Å². The number of rotatable bonds is 3. The number of ether oxygens (including phenoxy) is 1. The van der Waals surface area contributed by atoms with Gasteiger partial charge in [0.15, 0.2) is 0 Å². The molecule has 1 aromatic heterocycles. The maximum Gasteiger partial charge on any atom is 0.272 e. The van der Waals surface area contributed by atoms with Gasteiger partial charge in [0.2, 0.25) is 0 Å². The smallest absolute Gasteiger partial charge is 0.272 e. The van der Waals surface area contributed by atoms with Crippen molar-refractivity contribution in [3.63, 3.8) is 0 Å². The van der Waals surface area contributed by atoms with Crippen LogP contribution in [-0.4, -0.2) is 41.6 Å².